The molecule has 4 aromatic rings. The molecule has 0 atom stereocenters. The Balaban J connectivity index is 1.25. The third-order valence-corrected chi connectivity index (χ3v) is 7.81. The third kappa shape index (κ3) is 4.81. The number of aromatic nitrogens is 1. The number of carbonyl (C=O) groups excluding carboxylic acids is 1. The number of nitrogens with zero attached hydrogens (tertiary/aromatic N) is 2. The van der Waals surface area contributed by atoms with Gasteiger partial charge in [0.15, 0.2) is 11.5 Å². The number of amides is 1. The Kier molecular flexibility index (Phi) is 6.34. The summed E-state index contributed by atoms with van der Waals surface area (Å²) in [5.41, 5.74) is 6.99. The highest BCUT2D eigenvalue weighted by Crippen LogP contribution is 2.32. The number of carbonyl (C=O) groups is 1. The summed E-state index contributed by atoms with van der Waals surface area (Å²) >= 11 is 3.58. The summed E-state index contributed by atoms with van der Waals surface area (Å²) in [6, 6.07) is 20.5. The van der Waals surface area contributed by atoms with Crippen LogP contribution in [0, 0.1) is 13.8 Å². The molecule has 0 aliphatic carbocycles. The lowest BCUT2D eigenvalue weighted by Crippen LogP contribution is -3.13. The molecule has 0 bridgehead atoms. The van der Waals surface area contributed by atoms with Gasteiger partial charge in [0.25, 0.3) is 5.91 Å². The van der Waals surface area contributed by atoms with Crippen LogP contribution in [0.1, 0.15) is 27.0 Å². The van der Waals surface area contributed by atoms with E-state index in [9.17, 15) is 4.79 Å². The minimum Gasteiger partial charge on any atom is -0.454 e. The molecule has 2 aliphatic heterocycles. The summed E-state index contributed by atoms with van der Waals surface area (Å²) in [7, 11) is 0. The number of piperazine rings is 1. The van der Waals surface area contributed by atoms with Crippen LogP contribution in [-0.4, -0.2) is 48.8 Å². The fourth-order valence-corrected chi connectivity index (χ4v) is 5.60. The zero-order valence-corrected chi connectivity index (χ0v) is 22.6. The molecular formula is C30H29BrN3O3+. The molecule has 6 nitrogen and oxygen atoms in total. The summed E-state index contributed by atoms with van der Waals surface area (Å²) in [5.74, 6) is 1.70. The first-order valence-corrected chi connectivity index (χ1v) is 13.4. The maximum absolute atomic E-state index is 13.9. The van der Waals surface area contributed by atoms with Crippen molar-refractivity contribution in [3.63, 3.8) is 0 Å². The number of aryl methyl sites for hydroxylation is 2. The fourth-order valence-electron chi connectivity index (χ4n) is 5.24. The van der Waals surface area contributed by atoms with Gasteiger partial charge in [0.1, 0.15) is 6.54 Å². The molecule has 7 heteroatoms. The molecule has 1 N–H and O–H groups in total. The Morgan fingerprint density at radius 1 is 0.973 bits per heavy atom. The number of fused-ring (bicyclic) bond motifs is 2. The van der Waals surface area contributed by atoms with Crippen LogP contribution in [0.4, 0.5) is 0 Å². The number of hydrogen-bond acceptors (Lipinski definition) is 4. The van der Waals surface area contributed by atoms with E-state index in [2.05, 4.69) is 60.1 Å². The molecule has 0 unspecified atom stereocenters. The van der Waals surface area contributed by atoms with Crippen LogP contribution in [0.2, 0.25) is 0 Å². The average molecular weight is 559 g/mol. The Morgan fingerprint density at radius 2 is 1.78 bits per heavy atom. The monoisotopic (exact) mass is 558 g/mol. The van der Waals surface area contributed by atoms with Crippen LogP contribution < -0.4 is 14.4 Å². The van der Waals surface area contributed by atoms with Gasteiger partial charge >= 0.3 is 0 Å². The first-order valence-electron chi connectivity index (χ1n) is 12.6. The van der Waals surface area contributed by atoms with Gasteiger partial charge < -0.3 is 19.3 Å². The lowest BCUT2D eigenvalue weighted by molar-refractivity contribution is -0.917. The topological polar surface area (TPSA) is 56.1 Å². The molecule has 1 amide bonds. The van der Waals surface area contributed by atoms with Crippen molar-refractivity contribution in [1.29, 1.82) is 0 Å². The highest BCUT2D eigenvalue weighted by atomic mass is 79.9. The largest absolute Gasteiger partial charge is 0.454 e. The minimum absolute atomic E-state index is 0.0687. The maximum Gasteiger partial charge on any atom is 0.255 e. The number of benzene rings is 3. The second-order valence-electron chi connectivity index (χ2n) is 9.94. The van der Waals surface area contributed by atoms with Crippen molar-refractivity contribution >= 4 is 32.7 Å². The Morgan fingerprint density at radius 3 is 2.62 bits per heavy atom. The minimum atomic E-state index is 0.0687. The normalized spacial score (nSPS) is 15.4. The molecule has 188 valence electrons. The van der Waals surface area contributed by atoms with Gasteiger partial charge in [-0.15, -0.1) is 0 Å². The Hall–Kier alpha value is -3.42. The standard InChI is InChI=1S/C30H28BrN3O3/c1-19-3-4-20(2)23(13-19)27-16-25(24-15-22(31)6-7-26(24)32-27)30(35)34-11-9-33(10-12-34)17-21-5-8-28-29(14-21)37-18-36-28/h3-8,13-16H,9-12,17-18H2,1-2H3/p+1. The molecule has 2 aliphatic rings. The van der Waals surface area contributed by atoms with E-state index in [1.807, 2.05) is 35.2 Å². The summed E-state index contributed by atoms with van der Waals surface area (Å²) < 4.78 is 11.9. The van der Waals surface area contributed by atoms with E-state index >= 15 is 0 Å². The number of nitrogens with one attached hydrogen (secondary N) is 1. The molecule has 3 heterocycles. The van der Waals surface area contributed by atoms with E-state index in [4.69, 9.17) is 14.5 Å². The van der Waals surface area contributed by atoms with Crippen molar-refractivity contribution in [2.45, 2.75) is 20.4 Å². The predicted molar refractivity (Wildman–Crippen MR) is 147 cm³/mol. The molecule has 1 aromatic heterocycles. The highest BCUT2D eigenvalue weighted by molar-refractivity contribution is 9.10. The van der Waals surface area contributed by atoms with Crippen molar-refractivity contribution in [2.75, 3.05) is 33.0 Å². The average Bonchev–Trinajstić information content (AvgIpc) is 3.37. The quantitative estimate of drug-likeness (QED) is 0.399. The van der Waals surface area contributed by atoms with Gasteiger partial charge in [0.05, 0.1) is 43.0 Å². The first kappa shape index (κ1) is 23.9. The van der Waals surface area contributed by atoms with Crippen molar-refractivity contribution in [1.82, 2.24) is 9.88 Å². The summed E-state index contributed by atoms with van der Waals surface area (Å²) in [5, 5.41) is 0.878. The Labute approximate surface area is 224 Å². The summed E-state index contributed by atoms with van der Waals surface area (Å²) in [6.45, 7) is 8.60. The molecule has 3 aromatic carbocycles. The number of halogens is 1. The molecule has 37 heavy (non-hydrogen) atoms. The van der Waals surface area contributed by atoms with Crippen LogP contribution in [0.5, 0.6) is 11.5 Å². The molecule has 0 spiro atoms. The van der Waals surface area contributed by atoms with Crippen LogP contribution >= 0.6 is 15.9 Å². The molecule has 0 radical (unpaired) electrons. The lowest BCUT2D eigenvalue weighted by Gasteiger charge is -2.32. The van der Waals surface area contributed by atoms with Crippen LogP contribution in [0.3, 0.4) is 0 Å². The van der Waals surface area contributed by atoms with E-state index in [0.29, 0.717) is 5.56 Å². The summed E-state index contributed by atoms with van der Waals surface area (Å²) in [4.78, 5) is 22.3. The number of hydrogen-bond donors (Lipinski definition) is 1. The number of ether oxygens (including phenoxy) is 2. The van der Waals surface area contributed by atoms with E-state index in [0.717, 1.165) is 76.4 Å². The number of quaternary nitrogens is 1. The summed E-state index contributed by atoms with van der Waals surface area (Å²) in [6.07, 6.45) is 0. The molecule has 1 fully saturated rings. The second-order valence-corrected chi connectivity index (χ2v) is 10.9. The smallest absolute Gasteiger partial charge is 0.255 e. The van der Waals surface area contributed by atoms with Gasteiger partial charge in [-0.1, -0.05) is 33.6 Å². The third-order valence-electron chi connectivity index (χ3n) is 7.32. The molecule has 0 saturated carbocycles. The fraction of sp³-hybridized carbons (Fsp3) is 0.267. The van der Waals surface area contributed by atoms with E-state index in [1.54, 1.807) is 0 Å². The van der Waals surface area contributed by atoms with Gasteiger partial charge in [-0.05, 0) is 67.9 Å². The van der Waals surface area contributed by atoms with E-state index < -0.39 is 0 Å². The van der Waals surface area contributed by atoms with Crippen molar-refractivity contribution in [3.05, 3.63) is 87.4 Å². The van der Waals surface area contributed by atoms with Gasteiger partial charge in [-0.2, -0.15) is 0 Å². The van der Waals surface area contributed by atoms with Gasteiger partial charge in [0.2, 0.25) is 6.79 Å². The lowest BCUT2D eigenvalue weighted by atomic mass is 9.98. The molecule has 6 rings (SSSR count). The number of pyridine rings is 1. The second kappa shape index (κ2) is 9.80. The van der Waals surface area contributed by atoms with Crippen molar-refractivity contribution in [3.8, 4) is 22.8 Å². The van der Waals surface area contributed by atoms with Crippen LogP contribution in [-0.2, 0) is 6.54 Å². The van der Waals surface area contributed by atoms with Crippen LogP contribution in [0.25, 0.3) is 22.2 Å². The zero-order chi connectivity index (χ0) is 25.5. The highest BCUT2D eigenvalue weighted by Gasteiger charge is 2.27. The molecule has 1 saturated heterocycles. The van der Waals surface area contributed by atoms with Crippen molar-refractivity contribution < 1.29 is 19.2 Å². The first-order chi connectivity index (χ1) is 17.9. The van der Waals surface area contributed by atoms with Gasteiger partial charge in [-0.3, -0.25) is 4.79 Å². The maximum atomic E-state index is 13.9. The van der Waals surface area contributed by atoms with Crippen molar-refractivity contribution in [2.24, 2.45) is 0 Å². The van der Waals surface area contributed by atoms with E-state index in [-0.39, 0.29) is 12.7 Å². The van der Waals surface area contributed by atoms with Gasteiger partial charge in [-0.25, -0.2) is 4.98 Å². The predicted octanol–water partition coefficient (Wildman–Crippen LogP) is 4.55. The zero-order valence-electron chi connectivity index (χ0n) is 21.0. The SMILES string of the molecule is Cc1ccc(C)c(-c2cc(C(=O)N3CC[NH+](Cc4ccc5c(c4)OCO5)CC3)c3cc(Br)ccc3n2)c1. The van der Waals surface area contributed by atoms with Gasteiger partial charge in [0, 0.05) is 21.0 Å². The number of rotatable bonds is 4. The van der Waals surface area contributed by atoms with Crippen LogP contribution in [0.15, 0.2) is 65.1 Å². The molecular weight excluding hydrogens is 530 g/mol. The van der Waals surface area contributed by atoms with E-state index in [1.165, 1.54) is 16.0 Å². The Bertz CT molecular complexity index is 1510.